The van der Waals surface area contributed by atoms with Crippen LogP contribution in [0.5, 0.6) is 0 Å². The molecular weight excluding hydrogens is 344 g/mol. The summed E-state index contributed by atoms with van der Waals surface area (Å²) >= 11 is 0. The molecule has 3 atom stereocenters. The summed E-state index contributed by atoms with van der Waals surface area (Å²) in [4.78, 5) is 30.5. The molecule has 1 saturated carbocycles. The Kier molecular flexibility index (Phi) is 4.72. The number of aromatic nitrogens is 1. The quantitative estimate of drug-likeness (QED) is 0.875. The number of benzene rings is 1. The van der Waals surface area contributed by atoms with Gasteiger partial charge in [0.15, 0.2) is 11.7 Å². The number of hydrogen-bond donors (Lipinski definition) is 1. The van der Waals surface area contributed by atoms with Gasteiger partial charge in [0.25, 0.3) is 0 Å². The lowest BCUT2D eigenvalue weighted by Crippen LogP contribution is -2.43. The first-order valence-corrected chi connectivity index (χ1v) is 9.58. The van der Waals surface area contributed by atoms with E-state index in [-0.39, 0.29) is 18.2 Å². The number of carbonyl (C=O) groups is 2. The fourth-order valence-corrected chi connectivity index (χ4v) is 4.65. The Balaban J connectivity index is 1.43. The molecule has 2 heterocycles. The third-order valence-electron chi connectivity index (χ3n) is 5.89. The molecule has 142 valence electrons. The van der Waals surface area contributed by atoms with E-state index in [9.17, 15) is 14.7 Å². The van der Waals surface area contributed by atoms with E-state index < -0.39 is 12.0 Å². The van der Waals surface area contributed by atoms with Crippen LogP contribution in [0.3, 0.4) is 0 Å². The molecule has 1 aromatic carbocycles. The van der Waals surface area contributed by atoms with Crippen LogP contribution in [-0.2, 0) is 16.0 Å². The van der Waals surface area contributed by atoms with E-state index in [0.717, 1.165) is 36.3 Å². The summed E-state index contributed by atoms with van der Waals surface area (Å²) in [6.07, 6.45) is 3.60. The molecule has 27 heavy (non-hydrogen) atoms. The molecule has 4 rings (SSSR count). The van der Waals surface area contributed by atoms with Gasteiger partial charge in [-0.1, -0.05) is 36.8 Å². The van der Waals surface area contributed by atoms with Crippen molar-refractivity contribution in [2.24, 2.45) is 11.8 Å². The standard InChI is InChI=1S/C21H24N2O4/c1-13-20(14-6-3-2-4-7-14)27-17(22-13)10-11-18(24)23-12-15-8-5-9-16(15)19(23)21(25)26/h2-4,6-7,15-16,19H,5,8-12H2,1H3,(H,25,26). The predicted octanol–water partition coefficient (Wildman–Crippen LogP) is 3.29. The second-order valence-corrected chi connectivity index (χ2v) is 7.57. The topological polar surface area (TPSA) is 83.6 Å². The van der Waals surface area contributed by atoms with Gasteiger partial charge < -0.3 is 14.4 Å². The van der Waals surface area contributed by atoms with Crippen LogP contribution in [-0.4, -0.2) is 39.5 Å². The van der Waals surface area contributed by atoms with Gasteiger partial charge >= 0.3 is 5.97 Å². The number of aryl methyl sites for hydroxylation is 2. The number of nitrogens with zero attached hydrogens (tertiary/aromatic N) is 2. The van der Waals surface area contributed by atoms with Crippen molar-refractivity contribution in [3.8, 4) is 11.3 Å². The van der Waals surface area contributed by atoms with Crippen molar-refractivity contribution in [3.05, 3.63) is 41.9 Å². The first kappa shape index (κ1) is 17.8. The van der Waals surface area contributed by atoms with E-state index in [4.69, 9.17) is 4.42 Å². The van der Waals surface area contributed by atoms with E-state index in [1.54, 1.807) is 4.90 Å². The molecular formula is C21H24N2O4. The number of carbonyl (C=O) groups excluding carboxylic acids is 1. The van der Waals surface area contributed by atoms with Gasteiger partial charge in [0.2, 0.25) is 5.91 Å². The van der Waals surface area contributed by atoms with Crippen LogP contribution >= 0.6 is 0 Å². The predicted molar refractivity (Wildman–Crippen MR) is 99.0 cm³/mol. The number of rotatable bonds is 5. The van der Waals surface area contributed by atoms with Gasteiger partial charge in [-0.15, -0.1) is 0 Å². The molecule has 1 amide bonds. The molecule has 0 bridgehead atoms. The van der Waals surface area contributed by atoms with E-state index >= 15 is 0 Å². The number of hydrogen-bond acceptors (Lipinski definition) is 4. The van der Waals surface area contributed by atoms with Crippen LogP contribution in [0, 0.1) is 18.8 Å². The minimum atomic E-state index is -0.879. The number of aliphatic carboxylic acids is 1. The van der Waals surface area contributed by atoms with Crippen LogP contribution in [0.15, 0.2) is 34.7 Å². The monoisotopic (exact) mass is 368 g/mol. The maximum Gasteiger partial charge on any atom is 0.326 e. The Morgan fingerprint density at radius 3 is 2.78 bits per heavy atom. The van der Waals surface area contributed by atoms with E-state index in [2.05, 4.69) is 4.98 Å². The number of likely N-dealkylation sites (tertiary alicyclic amines) is 1. The average molecular weight is 368 g/mol. The Hall–Kier alpha value is -2.63. The van der Waals surface area contributed by atoms with Crippen LogP contribution < -0.4 is 0 Å². The first-order valence-electron chi connectivity index (χ1n) is 9.58. The molecule has 3 unspecified atom stereocenters. The van der Waals surface area contributed by atoms with Gasteiger partial charge in [0.05, 0.1) is 5.69 Å². The number of amides is 1. The number of carboxylic acid groups (broad SMARTS) is 1. The summed E-state index contributed by atoms with van der Waals surface area (Å²) in [7, 11) is 0. The highest BCUT2D eigenvalue weighted by Crippen LogP contribution is 2.42. The Morgan fingerprint density at radius 1 is 1.26 bits per heavy atom. The lowest BCUT2D eigenvalue weighted by molar-refractivity contribution is -0.149. The molecule has 1 aliphatic heterocycles. The molecule has 1 aliphatic carbocycles. The maximum absolute atomic E-state index is 12.7. The van der Waals surface area contributed by atoms with Crippen molar-refractivity contribution in [1.82, 2.24) is 9.88 Å². The van der Waals surface area contributed by atoms with E-state index in [1.807, 2.05) is 37.3 Å². The molecule has 6 heteroatoms. The smallest absolute Gasteiger partial charge is 0.326 e. The van der Waals surface area contributed by atoms with Crippen molar-refractivity contribution in [3.63, 3.8) is 0 Å². The summed E-state index contributed by atoms with van der Waals surface area (Å²) in [5.41, 5.74) is 1.75. The Bertz CT molecular complexity index is 845. The summed E-state index contributed by atoms with van der Waals surface area (Å²) in [5, 5.41) is 9.61. The highest BCUT2D eigenvalue weighted by Gasteiger charge is 2.49. The van der Waals surface area contributed by atoms with Crippen molar-refractivity contribution in [2.75, 3.05) is 6.54 Å². The van der Waals surface area contributed by atoms with Gasteiger partial charge in [-0.05, 0) is 31.6 Å². The fourth-order valence-electron chi connectivity index (χ4n) is 4.65. The Labute approximate surface area is 158 Å². The van der Waals surface area contributed by atoms with Gasteiger partial charge in [-0.2, -0.15) is 0 Å². The SMILES string of the molecule is Cc1nc(CCC(=O)N2CC3CCCC3C2C(=O)O)oc1-c1ccccc1. The highest BCUT2D eigenvalue weighted by molar-refractivity contribution is 5.84. The average Bonchev–Trinajstić information content (AvgIpc) is 3.33. The largest absolute Gasteiger partial charge is 0.480 e. The number of carboxylic acids is 1. The molecule has 6 nitrogen and oxygen atoms in total. The van der Waals surface area contributed by atoms with Gasteiger partial charge in [0, 0.05) is 24.9 Å². The summed E-state index contributed by atoms with van der Waals surface area (Å²) < 4.78 is 5.86. The zero-order chi connectivity index (χ0) is 19.0. The summed E-state index contributed by atoms with van der Waals surface area (Å²) in [6.45, 7) is 2.46. The van der Waals surface area contributed by atoms with Crippen LogP contribution in [0.25, 0.3) is 11.3 Å². The zero-order valence-corrected chi connectivity index (χ0v) is 15.4. The fraction of sp³-hybridized carbons (Fsp3) is 0.476. The van der Waals surface area contributed by atoms with Crippen LogP contribution in [0.1, 0.15) is 37.3 Å². The van der Waals surface area contributed by atoms with Crippen molar-refractivity contribution in [2.45, 2.75) is 45.1 Å². The molecule has 1 aromatic heterocycles. The third-order valence-corrected chi connectivity index (χ3v) is 5.89. The Morgan fingerprint density at radius 2 is 2.04 bits per heavy atom. The molecule has 2 fully saturated rings. The summed E-state index contributed by atoms with van der Waals surface area (Å²) in [6, 6.07) is 9.08. The van der Waals surface area contributed by atoms with Crippen LogP contribution in [0.4, 0.5) is 0 Å². The van der Waals surface area contributed by atoms with Gasteiger partial charge in [-0.25, -0.2) is 9.78 Å². The van der Waals surface area contributed by atoms with E-state index in [1.165, 1.54) is 0 Å². The first-order chi connectivity index (χ1) is 13.0. The zero-order valence-electron chi connectivity index (χ0n) is 15.4. The number of oxazole rings is 1. The molecule has 2 aliphatic rings. The second-order valence-electron chi connectivity index (χ2n) is 7.57. The normalized spacial score (nSPS) is 24.2. The summed E-state index contributed by atoms with van der Waals surface area (Å²) in [5.74, 6) is 0.692. The lowest BCUT2D eigenvalue weighted by atomic mass is 9.94. The highest BCUT2D eigenvalue weighted by atomic mass is 16.4. The van der Waals surface area contributed by atoms with E-state index in [0.29, 0.717) is 24.8 Å². The second kappa shape index (κ2) is 7.18. The van der Waals surface area contributed by atoms with Gasteiger partial charge in [0.1, 0.15) is 6.04 Å². The molecule has 0 spiro atoms. The van der Waals surface area contributed by atoms with Crippen molar-refractivity contribution >= 4 is 11.9 Å². The van der Waals surface area contributed by atoms with Crippen molar-refractivity contribution in [1.29, 1.82) is 0 Å². The van der Waals surface area contributed by atoms with Gasteiger partial charge in [-0.3, -0.25) is 4.79 Å². The van der Waals surface area contributed by atoms with Crippen LogP contribution in [0.2, 0.25) is 0 Å². The minimum absolute atomic E-state index is 0.111. The van der Waals surface area contributed by atoms with Crippen molar-refractivity contribution < 1.29 is 19.1 Å². The molecule has 1 saturated heterocycles. The minimum Gasteiger partial charge on any atom is -0.480 e. The maximum atomic E-state index is 12.7. The molecule has 2 aromatic rings. The lowest BCUT2D eigenvalue weighted by Gasteiger charge is -2.24. The molecule has 0 radical (unpaired) electrons. The molecule has 1 N–H and O–H groups in total. The third kappa shape index (κ3) is 3.36. The number of fused-ring (bicyclic) bond motifs is 1.